The molecule has 0 bridgehead atoms. The lowest BCUT2D eigenvalue weighted by atomic mass is 10.1. The van der Waals surface area contributed by atoms with Crippen molar-refractivity contribution in [3.8, 4) is 5.75 Å². The summed E-state index contributed by atoms with van der Waals surface area (Å²) in [5, 5.41) is 9.06. The Morgan fingerprint density at radius 1 is 0.900 bits per heavy atom. The van der Waals surface area contributed by atoms with Crippen molar-refractivity contribution < 1.29 is 30.3 Å². The molecule has 0 radical (unpaired) electrons. The van der Waals surface area contributed by atoms with Gasteiger partial charge in [-0.25, -0.2) is 0 Å². The molecule has 0 heterocycles. The summed E-state index contributed by atoms with van der Waals surface area (Å²) >= 11 is 0. The highest BCUT2D eigenvalue weighted by Gasteiger charge is 2.40. The second-order valence-corrected chi connectivity index (χ2v) is 6.47. The zero-order valence-corrected chi connectivity index (χ0v) is 16.9. The van der Waals surface area contributed by atoms with E-state index in [-0.39, 0.29) is 23.8 Å². The maximum absolute atomic E-state index is 13.5. The highest BCUT2D eigenvalue weighted by Crippen LogP contribution is 2.44. The van der Waals surface area contributed by atoms with Crippen LogP contribution in [0.4, 0.5) is 24.5 Å². The van der Waals surface area contributed by atoms with Gasteiger partial charge in [-0.2, -0.15) is 13.2 Å². The molecule has 0 aliphatic heterocycles. The van der Waals surface area contributed by atoms with E-state index in [0.29, 0.717) is 13.1 Å². The third-order valence-corrected chi connectivity index (χ3v) is 4.48. The fourth-order valence-electron chi connectivity index (χ4n) is 3.11. The van der Waals surface area contributed by atoms with Gasteiger partial charge in [0.25, 0.3) is 0 Å². The predicted molar refractivity (Wildman–Crippen MR) is 106 cm³/mol. The van der Waals surface area contributed by atoms with Gasteiger partial charge >= 0.3 is 11.9 Å². The lowest BCUT2D eigenvalue weighted by Gasteiger charge is -2.27. The van der Waals surface area contributed by atoms with Gasteiger partial charge in [0.05, 0.1) is 18.9 Å². The summed E-state index contributed by atoms with van der Waals surface area (Å²) in [6, 6.07) is 21.0. The van der Waals surface area contributed by atoms with Crippen LogP contribution in [0.2, 0.25) is 0 Å². The summed E-state index contributed by atoms with van der Waals surface area (Å²) in [6.07, 6.45) is -4.67. The quantitative estimate of drug-likeness (QED) is 0.559. The zero-order valence-electron chi connectivity index (χ0n) is 16.1. The Morgan fingerprint density at radius 2 is 1.40 bits per heavy atom. The lowest BCUT2D eigenvalue weighted by molar-refractivity contribution is -0.136. The highest BCUT2D eigenvalue weighted by molar-refractivity contribution is 5.70. The maximum atomic E-state index is 13.5. The Morgan fingerprint density at radius 3 is 1.80 bits per heavy atom. The first-order valence-corrected chi connectivity index (χ1v) is 8.89. The standard InChI is InChI=1S/C22H19F3N3O.ClH/c1-29-21-13-19(27-26)18(22(23,24)25)12-20(21)28(14-16-8-4-2-5-9-16)15-17-10-6-3-7-11-17;/h2-13H,14-15H2,1H3;1H/q+1;/p-1. The van der Waals surface area contributed by atoms with Crippen LogP contribution in [0.3, 0.4) is 0 Å². The number of diazo groups is 1. The van der Waals surface area contributed by atoms with Crippen LogP contribution in [0.25, 0.3) is 4.98 Å². The van der Waals surface area contributed by atoms with E-state index in [4.69, 9.17) is 10.1 Å². The highest BCUT2D eigenvalue weighted by atomic mass is 35.5. The first-order valence-electron chi connectivity index (χ1n) is 8.89. The maximum Gasteiger partial charge on any atom is 0.424 e. The van der Waals surface area contributed by atoms with Crippen molar-refractivity contribution in [2.24, 2.45) is 0 Å². The number of anilines is 1. The van der Waals surface area contributed by atoms with Crippen molar-refractivity contribution in [2.75, 3.05) is 12.0 Å². The number of hydrogen-bond donors (Lipinski definition) is 0. The molecule has 0 unspecified atom stereocenters. The molecule has 3 rings (SSSR count). The summed E-state index contributed by atoms with van der Waals surface area (Å²) < 4.78 is 45.9. The monoisotopic (exact) mass is 433 g/mol. The van der Waals surface area contributed by atoms with E-state index in [1.165, 1.54) is 7.11 Å². The van der Waals surface area contributed by atoms with Crippen molar-refractivity contribution in [1.82, 2.24) is 0 Å². The van der Waals surface area contributed by atoms with Gasteiger partial charge in [0, 0.05) is 13.1 Å². The molecule has 0 saturated carbocycles. The summed E-state index contributed by atoms with van der Waals surface area (Å²) in [5.41, 5.74) is 0.532. The molecule has 0 spiro atoms. The molecule has 0 fully saturated rings. The van der Waals surface area contributed by atoms with Crippen LogP contribution in [-0.4, -0.2) is 7.11 Å². The van der Waals surface area contributed by atoms with E-state index in [9.17, 15) is 13.2 Å². The smallest absolute Gasteiger partial charge is 0.424 e. The summed E-state index contributed by atoms with van der Waals surface area (Å²) in [6.45, 7) is 0.748. The Labute approximate surface area is 178 Å². The van der Waals surface area contributed by atoms with E-state index in [1.54, 1.807) is 4.90 Å². The van der Waals surface area contributed by atoms with Crippen molar-refractivity contribution >= 4 is 11.4 Å². The minimum atomic E-state index is -4.67. The van der Waals surface area contributed by atoms with E-state index >= 15 is 0 Å². The van der Waals surface area contributed by atoms with Gasteiger partial charge in [-0.15, -0.1) is 0 Å². The van der Waals surface area contributed by atoms with Gasteiger partial charge in [-0.05, 0) is 17.2 Å². The number of ether oxygens (including phenoxy) is 1. The molecule has 0 amide bonds. The van der Waals surface area contributed by atoms with Crippen LogP contribution in [0.1, 0.15) is 16.7 Å². The number of hydrogen-bond acceptors (Lipinski definition) is 3. The summed E-state index contributed by atoms with van der Waals surface area (Å²) in [7, 11) is 1.37. The molecule has 0 aliphatic rings. The third-order valence-electron chi connectivity index (χ3n) is 4.48. The topological polar surface area (TPSA) is 40.6 Å². The van der Waals surface area contributed by atoms with Crippen molar-refractivity contribution in [3.05, 3.63) is 94.5 Å². The van der Waals surface area contributed by atoms with E-state index in [0.717, 1.165) is 23.3 Å². The normalized spacial score (nSPS) is 10.6. The fourth-order valence-corrected chi connectivity index (χ4v) is 3.11. The first kappa shape index (κ1) is 23.0. The molecule has 3 aromatic rings. The fraction of sp³-hybridized carbons (Fsp3) is 0.182. The van der Waals surface area contributed by atoms with Crippen LogP contribution in [0, 0.1) is 5.39 Å². The van der Waals surface area contributed by atoms with Crippen molar-refractivity contribution in [3.63, 3.8) is 0 Å². The Hall–Kier alpha value is -3.24. The molecule has 3 aromatic carbocycles. The zero-order chi connectivity index (χ0) is 20.9. The second-order valence-electron chi connectivity index (χ2n) is 6.47. The number of methoxy groups -OCH3 is 1. The molecular weight excluding hydrogens is 415 g/mol. The van der Waals surface area contributed by atoms with Gasteiger partial charge < -0.3 is 22.0 Å². The van der Waals surface area contributed by atoms with E-state index < -0.39 is 17.4 Å². The molecule has 0 N–H and O–H groups in total. The predicted octanol–water partition coefficient (Wildman–Crippen LogP) is 3.41. The molecule has 4 nitrogen and oxygen atoms in total. The van der Waals surface area contributed by atoms with Gasteiger partial charge in [-0.1, -0.05) is 60.7 Å². The molecule has 8 heteroatoms. The van der Waals surface area contributed by atoms with E-state index in [1.807, 2.05) is 60.7 Å². The molecule has 156 valence electrons. The number of benzene rings is 3. The lowest BCUT2D eigenvalue weighted by Crippen LogP contribution is -3.00. The average molecular weight is 434 g/mol. The van der Waals surface area contributed by atoms with Crippen LogP contribution in [0.5, 0.6) is 5.75 Å². The molecular formula is C22H19ClF3N3O. The van der Waals surface area contributed by atoms with Gasteiger partial charge in [0.15, 0.2) is 10.5 Å². The largest absolute Gasteiger partial charge is 1.00 e. The molecule has 0 atom stereocenters. The Balaban J connectivity index is 0.00000320. The first-order chi connectivity index (χ1) is 13.9. The van der Waals surface area contributed by atoms with Gasteiger partial charge in [0.1, 0.15) is 5.75 Å². The van der Waals surface area contributed by atoms with Crippen LogP contribution in [-0.2, 0) is 19.3 Å². The SMILES string of the molecule is COc1cc([N+]#N)c(C(F)(F)F)cc1N(Cc1ccccc1)Cc1ccccc1.[Cl-]. The molecule has 30 heavy (non-hydrogen) atoms. The van der Waals surface area contributed by atoms with Crippen molar-refractivity contribution in [2.45, 2.75) is 19.3 Å². The Bertz CT molecular complexity index is 964. The summed E-state index contributed by atoms with van der Waals surface area (Å²) in [4.78, 5) is 4.60. The number of halogens is 4. The van der Waals surface area contributed by atoms with Gasteiger partial charge in [-0.3, -0.25) is 0 Å². The number of nitrogens with zero attached hydrogens (tertiary/aromatic N) is 3. The number of alkyl halides is 3. The van der Waals surface area contributed by atoms with Gasteiger partial charge in [0.2, 0.25) is 5.39 Å². The molecule has 0 saturated heterocycles. The molecule has 0 aliphatic carbocycles. The minimum absolute atomic E-state index is 0. The van der Waals surface area contributed by atoms with Crippen LogP contribution < -0.4 is 22.0 Å². The molecule has 0 aromatic heterocycles. The summed E-state index contributed by atoms with van der Waals surface area (Å²) in [5.74, 6) is 0.192. The third kappa shape index (κ3) is 5.43. The Kier molecular flexibility index (Phi) is 7.67. The van der Waals surface area contributed by atoms with E-state index in [2.05, 4.69) is 4.98 Å². The second kappa shape index (κ2) is 9.99. The van der Waals surface area contributed by atoms with Crippen molar-refractivity contribution in [1.29, 1.82) is 5.39 Å². The number of rotatable bonds is 6. The van der Waals surface area contributed by atoms with Crippen LogP contribution in [0.15, 0.2) is 72.8 Å². The average Bonchev–Trinajstić information content (AvgIpc) is 2.73. The minimum Gasteiger partial charge on any atom is -1.00 e. The van der Waals surface area contributed by atoms with Crippen LogP contribution >= 0.6 is 0 Å².